The summed E-state index contributed by atoms with van der Waals surface area (Å²) in [5.41, 5.74) is 5.47. The van der Waals surface area contributed by atoms with Crippen LogP contribution in [0, 0.1) is 16.0 Å². The molecule has 0 bridgehead atoms. The smallest absolute Gasteiger partial charge is 0.289 e. The maximum absolute atomic E-state index is 12.6. The summed E-state index contributed by atoms with van der Waals surface area (Å²) in [6.07, 6.45) is 0.481. The Kier molecular flexibility index (Phi) is 6.48. The van der Waals surface area contributed by atoms with E-state index in [0.29, 0.717) is 10.9 Å². The number of hydrogen-bond acceptors (Lipinski definition) is 5. The van der Waals surface area contributed by atoms with Crippen LogP contribution < -0.4 is 5.73 Å². The zero-order chi connectivity index (χ0) is 17.1. The van der Waals surface area contributed by atoms with Crippen molar-refractivity contribution in [3.8, 4) is 0 Å². The molecule has 0 aliphatic carbocycles. The molecule has 9 heteroatoms. The fourth-order valence-electron chi connectivity index (χ4n) is 1.80. The van der Waals surface area contributed by atoms with Gasteiger partial charge in [0.25, 0.3) is 5.69 Å². The minimum atomic E-state index is -3.95. The van der Waals surface area contributed by atoms with Crippen LogP contribution in [0.5, 0.6) is 0 Å². The van der Waals surface area contributed by atoms with E-state index in [1.165, 1.54) is 25.2 Å². The first-order valence-electron chi connectivity index (χ1n) is 6.73. The van der Waals surface area contributed by atoms with Gasteiger partial charge < -0.3 is 5.73 Å². The minimum Gasteiger partial charge on any atom is -0.327 e. The first-order chi connectivity index (χ1) is 10.1. The summed E-state index contributed by atoms with van der Waals surface area (Å²) in [6.45, 7) is 4.11. The molecule has 2 N–H and O–H groups in total. The largest absolute Gasteiger partial charge is 0.327 e. The van der Waals surface area contributed by atoms with Crippen LogP contribution in [0.4, 0.5) is 5.69 Å². The molecule has 0 aliphatic heterocycles. The Morgan fingerprint density at radius 3 is 2.50 bits per heavy atom. The van der Waals surface area contributed by atoms with Gasteiger partial charge in [0.15, 0.2) is 4.90 Å². The Bertz CT molecular complexity index is 649. The Hall–Kier alpha value is -1.03. The molecule has 1 rings (SSSR count). The third-order valence-electron chi connectivity index (χ3n) is 3.44. The van der Waals surface area contributed by atoms with Gasteiger partial charge in [0.1, 0.15) is 0 Å². The lowest BCUT2D eigenvalue weighted by Gasteiger charge is -2.21. The molecule has 22 heavy (non-hydrogen) atoms. The molecule has 0 aromatic heterocycles. The van der Waals surface area contributed by atoms with Crippen LogP contribution in [0.3, 0.4) is 0 Å². The van der Waals surface area contributed by atoms with Crippen LogP contribution in [0.2, 0.25) is 0 Å². The van der Waals surface area contributed by atoms with E-state index in [4.69, 9.17) is 5.73 Å². The molecule has 0 spiro atoms. The second kappa shape index (κ2) is 7.49. The molecular weight excluding hydrogens is 374 g/mol. The van der Waals surface area contributed by atoms with Crippen molar-refractivity contribution in [1.29, 1.82) is 0 Å². The van der Waals surface area contributed by atoms with Crippen molar-refractivity contribution in [3.05, 3.63) is 32.8 Å². The molecular formula is C13H20BrN3O4S. The monoisotopic (exact) mass is 393 g/mol. The Morgan fingerprint density at radius 1 is 1.41 bits per heavy atom. The van der Waals surface area contributed by atoms with Crippen molar-refractivity contribution < 1.29 is 13.3 Å². The molecule has 0 saturated carbocycles. The second-order valence-electron chi connectivity index (χ2n) is 5.39. The van der Waals surface area contributed by atoms with Crippen LogP contribution in [0.1, 0.15) is 20.3 Å². The van der Waals surface area contributed by atoms with E-state index in [1.54, 1.807) is 0 Å². The molecule has 1 atom stereocenters. The molecule has 1 unspecified atom stereocenters. The molecule has 0 radical (unpaired) electrons. The number of sulfonamides is 1. The van der Waals surface area contributed by atoms with E-state index < -0.39 is 20.6 Å². The molecule has 124 valence electrons. The van der Waals surface area contributed by atoms with Crippen molar-refractivity contribution in [2.24, 2.45) is 11.7 Å². The quantitative estimate of drug-likeness (QED) is 0.564. The van der Waals surface area contributed by atoms with E-state index in [1.807, 2.05) is 13.8 Å². The highest BCUT2D eigenvalue weighted by molar-refractivity contribution is 9.10. The fraction of sp³-hybridized carbons (Fsp3) is 0.538. The van der Waals surface area contributed by atoms with E-state index >= 15 is 0 Å². The minimum absolute atomic E-state index is 0.129. The highest BCUT2D eigenvalue weighted by Gasteiger charge is 2.30. The zero-order valence-corrected chi connectivity index (χ0v) is 15.1. The van der Waals surface area contributed by atoms with Crippen LogP contribution in [-0.2, 0) is 10.0 Å². The van der Waals surface area contributed by atoms with Gasteiger partial charge in [-0.05, 0) is 24.5 Å². The Labute approximate surface area is 138 Å². The number of nitro groups is 1. The van der Waals surface area contributed by atoms with Gasteiger partial charge >= 0.3 is 0 Å². The Morgan fingerprint density at radius 2 is 2.00 bits per heavy atom. The van der Waals surface area contributed by atoms with Crippen molar-refractivity contribution in [2.45, 2.75) is 31.2 Å². The summed E-state index contributed by atoms with van der Waals surface area (Å²) in [6, 6.07) is 3.72. The fourth-order valence-corrected chi connectivity index (χ4v) is 3.67. The van der Waals surface area contributed by atoms with Crippen LogP contribution >= 0.6 is 15.9 Å². The third-order valence-corrected chi connectivity index (χ3v) is 5.82. The first kappa shape index (κ1) is 19.0. The normalized spacial score (nSPS) is 13.6. The molecule has 0 fully saturated rings. The number of benzene rings is 1. The van der Waals surface area contributed by atoms with Gasteiger partial charge in [-0.1, -0.05) is 29.8 Å². The van der Waals surface area contributed by atoms with Crippen molar-refractivity contribution in [3.63, 3.8) is 0 Å². The lowest BCUT2D eigenvalue weighted by Crippen LogP contribution is -2.34. The maximum Gasteiger partial charge on any atom is 0.289 e. The average molecular weight is 394 g/mol. The predicted molar refractivity (Wildman–Crippen MR) is 88.0 cm³/mol. The number of nitrogens with two attached hydrogens (primary N) is 1. The highest BCUT2D eigenvalue weighted by Crippen LogP contribution is 2.29. The predicted octanol–water partition coefficient (Wildman–Crippen LogP) is 2.35. The summed E-state index contributed by atoms with van der Waals surface area (Å²) < 4.78 is 26.7. The Balaban J connectivity index is 3.08. The number of hydrogen-bond donors (Lipinski definition) is 1. The lowest BCUT2D eigenvalue weighted by molar-refractivity contribution is -0.387. The summed E-state index contributed by atoms with van der Waals surface area (Å²) in [5.74, 6) is 0.233. The summed E-state index contributed by atoms with van der Waals surface area (Å²) >= 11 is 3.14. The molecule has 0 saturated heterocycles. The van der Waals surface area contributed by atoms with E-state index in [9.17, 15) is 18.5 Å². The van der Waals surface area contributed by atoms with Gasteiger partial charge in [-0.15, -0.1) is 0 Å². The number of halogens is 1. The third kappa shape index (κ3) is 4.48. The van der Waals surface area contributed by atoms with Gasteiger partial charge in [-0.3, -0.25) is 10.1 Å². The number of nitro benzene ring substituents is 1. The van der Waals surface area contributed by atoms with Gasteiger partial charge in [-0.2, -0.15) is 0 Å². The van der Waals surface area contributed by atoms with Crippen molar-refractivity contribution in [2.75, 3.05) is 13.6 Å². The molecule has 1 aromatic rings. The molecule has 0 amide bonds. The standard InChI is InChI=1S/C13H20BrN3O4S/c1-9(2)11(15)6-7-16(3)22(20,21)13-8-10(14)4-5-12(13)17(18)19/h4-5,8-9,11H,6-7,15H2,1-3H3. The SMILES string of the molecule is CC(C)C(N)CCN(C)S(=O)(=O)c1cc(Br)ccc1[N+](=O)[O-]. The topological polar surface area (TPSA) is 107 Å². The highest BCUT2D eigenvalue weighted by atomic mass is 79.9. The maximum atomic E-state index is 12.6. The molecule has 0 aliphatic rings. The summed E-state index contributed by atoms with van der Waals surface area (Å²) in [7, 11) is -2.56. The van der Waals surface area contributed by atoms with E-state index in [0.717, 1.165) is 4.31 Å². The van der Waals surface area contributed by atoms with Crippen LogP contribution in [0.15, 0.2) is 27.6 Å². The lowest BCUT2D eigenvalue weighted by atomic mass is 10.0. The first-order valence-corrected chi connectivity index (χ1v) is 8.96. The molecule has 0 heterocycles. The average Bonchev–Trinajstić information content (AvgIpc) is 2.43. The molecule has 7 nitrogen and oxygen atoms in total. The summed E-state index contributed by atoms with van der Waals surface area (Å²) in [4.78, 5) is 10.0. The zero-order valence-electron chi connectivity index (χ0n) is 12.7. The van der Waals surface area contributed by atoms with E-state index in [2.05, 4.69) is 15.9 Å². The molecule has 1 aromatic carbocycles. The van der Waals surface area contributed by atoms with Gasteiger partial charge in [0.2, 0.25) is 10.0 Å². The second-order valence-corrected chi connectivity index (χ2v) is 8.32. The summed E-state index contributed by atoms with van der Waals surface area (Å²) in [5, 5.41) is 11.0. The number of rotatable bonds is 7. The van der Waals surface area contributed by atoms with Gasteiger partial charge in [0.05, 0.1) is 4.92 Å². The van der Waals surface area contributed by atoms with Crippen molar-refractivity contribution >= 4 is 31.6 Å². The van der Waals surface area contributed by atoms with Gasteiger partial charge in [0, 0.05) is 30.2 Å². The van der Waals surface area contributed by atoms with Crippen LogP contribution in [0.25, 0.3) is 0 Å². The van der Waals surface area contributed by atoms with Gasteiger partial charge in [-0.25, -0.2) is 12.7 Å². The van der Waals surface area contributed by atoms with Crippen LogP contribution in [-0.4, -0.2) is 37.3 Å². The van der Waals surface area contributed by atoms with E-state index in [-0.39, 0.29) is 23.4 Å². The van der Waals surface area contributed by atoms with Crippen molar-refractivity contribution in [1.82, 2.24) is 4.31 Å². The number of nitrogens with zero attached hydrogens (tertiary/aromatic N) is 2.